The first-order chi connectivity index (χ1) is 11.2. The lowest BCUT2D eigenvalue weighted by molar-refractivity contribution is 0.622. The smallest absolute Gasteiger partial charge is 0.250 e. The van der Waals surface area contributed by atoms with Gasteiger partial charge in [-0.05, 0) is 35.9 Å². The molecule has 0 unspecified atom stereocenters. The van der Waals surface area contributed by atoms with Gasteiger partial charge < -0.3 is 4.57 Å². The van der Waals surface area contributed by atoms with Crippen molar-refractivity contribution in [2.45, 2.75) is 6.54 Å². The Morgan fingerprint density at radius 3 is 2.62 bits per heavy atom. The van der Waals surface area contributed by atoms with E-state index in [0.717, 1.165) is 11.1 Å². The third-order valence-corrected chi connectivity index (χ3v) is 3.24. The summed E-state index contributed by atoms with van der Waals surface area (Å²) in [7, 11) is 0. The van der Waals surface area contributed by atoms with Crippen LogP contribution in [0.3, 0.4) is 0 Å². The third kappa shape index (κ3) is 4.55. The van der Waals surface area contributed by atoms with Gasteiger partial charge in [-0.25, -0.2) is 4.39 Å². The van der Waals surface area contributed by atoms with Crippen LogP contribution in [-0.4, -0.2) is 9.55 Å². The summed E-state index contributed by atoms with van der Waals surface area (Å²) in [5, 5.41) is 0. The predicted molar refractivity (Wildman–Crippen MR) is 93.7 cm³/mol. The summed E-state index contributed by atoms with van der Waals surface area (Å²) >= 11 is 0. The number of benzene rings is 1. The fourth-order valence-electron chi connectivity index (χ4n) is 2.14. The molecule has 3 nitrogen and oxygen atoms in total. The number of rotatable bonds is 2. The van der Waals surface area contributed by atoms with E-state index in [-0.39, 0.29) is 23.8 Å². The Balaban J connectivity index is 0.00000208. The fraction of sp³-hybridized carbons (Fsp3) is 0.0526. The van der Waals surface area contributed by atoms with Crippen molar-refractivity contribution in [2.24, 2.45) is 0 Å². The molecule has 0 N–H and O–H groups in total. The van der Waals surface area contributed by atoms with Gasteiger partial charge in [0.2, 0.25) is 0 Å². The minimum Gasteiger partial charge on any atom is -0.310 e. The lowest BCUT2D eigenvalue weighted by Gasteiger charge is -2.06. The van der Waals surface area contributed by atoms with Crippen LogP contribution in [0.25, 0.3) is 0 Å². The summed E-state index contributed by atoms with van der Waals surface area (Å²) in [5.74, 6) is 5.68. The maximum atomic E-state index is 13.2. The van der Waals surface area contributed by atoms with E-state index in [1.54, 1.807) is 36.8 Å². The van der Waals surface area contributed by atoms with E-state index in [1.165, 1.54) is 22.8 Å². The Kier molecular flexibility index (Phi) is 5.89. The molecule has 3 rings (SSSR count). The zero-order valence-corrected chi connectivity index (χ0v) is 13.5. The molecule has 24 heavy (non-hydrogen) atoms. The first kappa shape index (κ1) is 17.5. The molecule has 3 aromatic rings. The highest BCUT2D eigenvalue weighted by Crippen LogP contribution is 2.05. The monoisotopic (exact) mass is 340 g/mol. The molecule has 0 saturated heterocycles. The minimum absolute atomic E-state index is 0. The van der Waals surface area contributed by atoms with Gasteiger partial charge in [0, 0.05) is 35.8 Å². The normalized spacial score (nSPS) is 9.54. The maximum absolute atomic E-state index is 13.2. The van der Waals surface area contributed by atoms with Crippen LogP contribution in [0.15, 0.2) is 71.9 Å². The summed E-state index contributed by atoms with van der Waals surface area (Å²) in [6, 6.07) is 13.0. The Hall–Kier alpha value is -2.90. The molecule has 0 amide bonds. The molecule has 120 valence electrons. The number of pyridine rings is 2. The fourth-order valence-corrected chi connectivity index (χ4v) is 2.14. The van der Waals surface area contributed by atoms with E-state index >= 15 is 0 Å². The largest absolute Gasteiger partial charge is 0.310 e. The minimum atomic E-state index is -0.317. The average Bonchev–Trinajstić information content (AvgIpc) is 2.57. The molecule has 0 radical (unpaired) electrons. The average molecular weight is 341 g/mol. The second-order valence-corrected chi connectivity index (χ2v) is 5.01. The van der Waals surface area contributed by atoms with Gasteiger partial charge in [-0.15, -0.1) is 12.4 Å². The number of nitrogens with zero attached hydrogens (tertiary/aromatic N) is 2. The molecule has 0 bridgehead atoms. The summed E-state index contributed by atoms with van der Waals surface area (Å²) in [6.07, 6.45) is 5.04. The molecule has 2 aromatic heterocycles. The van der Waals surface area contributed by atoms with Gasteiger partial charge in [-0.2, -0.15) is 0 Å². The SMILES string of the molecule is Cl.O=c1ccc(C#Cc2cccnc2)cn1Cc1cccc(F)c1. The van der Waals surface area contributed by atoms with Crippen LogP contribution in [0.4, 0.5) is 4.39 Å². The van der Waals surface area contributed by atoms with E-state index in [1.807, 2.05) is 12.1 Å². The Morgan fingerprint density at radius 2 is 1.88 bits per heavy atom. The van der Waals surface area contributed by atoms with Crippen LogP contribution in [0.2, 0.25) is 0 Å². The Labute approximate surface area is 145 Å². The quantitative estimate of drug-likeness (QED) is 0.671. The van der Waals surface area contributed by atoms with Crippen LogP contribution in [0, 0.1) is 17.7 Å². The lowest BCUT2D eigenvalue weighted by Crippen LogP contribution is -2.19. The predicted octanol–water partition coefficient (Wildman–Crippen LogP) is 3.25. The first-order valence-electron chi connectivity index (χ1n) is 7.08. The zero-order chi connectivity index (χ0) is 16.1. The molecule has 0 fully saturated rings. The standard InChI is InChI=1S/C19H13FN2O.ClH/c20-18-5-1-3-17(11-18)14-22-13-16(8-9-19(22)23)7-6-15-4-2-10-21-12-15;/h1-5,8-13H,14H2;1H. The van der Waals surface area contributed by atoms with Crippen LogP contribution in [-0.2, 0) is 6.54 Å². The van der Waals surface area contributed by atoms with E-state index in [4.69, 9.17) is 0 Å². The number of hydrogen-bond acceptors (Lipinski definition) is 2. The van der Waals surface area contributed by atoms with E-state index in [0.29, 0.717) is 12.1 Å². The van der Waals surface area contributed by atoms with E-state index < -0.39 is 0 Å². The summed E-state index contributed by atoms with van der Waals surface area (Å²) < 4.78 is 14.8. The highest BCUT2D eigenvalue weighted by atomic mass is 35.5. The van der Waals surface area contributed by atoms with Crippen LogP contribution in [0.5, 0.6) is 0 Å². The highest BCUT2D eigenvalue weighted by Gasteiger charge is 2.00. The van der Waals surface area contributed by atoms with Gasteiger partial charge in [0.15, 0.2) is 0 Å². The van der Waals surface area contributed by atoms with Crippen molar-refractivity contribution >= 4 is 12.4 Å². The van der Waals surface area contributed by atoms with Gasteiger partial charge >= 0.3 is 0 Å². The molecule has 0 aliphatic heterocycles. The summed E-state index contributed by atoms with van der Waals surface area (Å²) in [5.41, 5.74) is 2.09. The van der Waals surface area contributed by atoms with Gasteiger partial charge in [0.1, 0.15) is 5.82 Å². The van der Waals surface area contributed by atoms with Crippen molar-refractivity contribution in [3.8, 4) is 11.8 Å². The Morgan fingerprint density at radius 1 is 1.04 bits per heavy atom. The van der Waals surface area contributed by atoms with Crippen molar-refractivity contribution < 1.29 is 4.39 Å². The first-order valence-corrected chi connectivity index (χ1v) is 7.08. The van der Waals surface area contributed by atoms with Crippen molar-refractivity contribution in [1.82, 2.24) is 9.55 Å². The topological polar surface area (TPSA) is 34.9 Å². The molecule has 2 heterocycles. The molecular weight excluding hydrogens is 327 g/mol. The molecule has 5 heteroatoms. The molecule has 1 aromatic carbocycles. The molecule has 0 aliphatic carbocycles. The van der Waals surface area contributed by atoms with Gasteiger partial charge in [0.25, 0.3) is 5.56 Å². The molecule has 0 saturated carbocycles. The maximum Gasteiger partial charge on any atom is 0.250 e. The van der Waals surface area contributed by atoms with E-state index in [9.17, 15) is 9.18 Å². The lowest BCUT2D eigenvalue weighted by atomic mass is 10.2. The van der Waals surface area contributed by atoms with Gasteiger partial charge in [-0.1, -0.05) is 24.0 Å². The van der Waals surface area contributed by atoms with E-state index in [2.05, 4.69) is 16.8 Å². The van der Waals surface area contributed by atoms with Crippen molar-refractivity contribution in [2.75, 3.05) is 0 Å². The Bertz CT molecular complexity index is 943. The van der Waals surface area contributed by atoms with Crippen LogP contribution in [0.1, 0.15) is 16.7 Å². The van der Waals surface area contributed by atoms with Crippen molar-refractivity contribution in [1.29, 1.82) is 0 Å². The highest BCUT2D eigenvalue weighted by molar-refractivity contribution is 5.85. The summed E-state index contributed by atoms with van der Waals surface area (Å²) in [4.78, 5) is 15.9. The van der Waals surface area contributed by atoms with Crippen molar-refractivity contribution in [3.05, 3.63) is 100.0 Å². The number of halogens is 2. The summed E-state index contributed by atoms with van der Waals surface area (Å²) in [6.45, 7) is 0.305. The van der Waals surface area contributed by atoms with Crippen LogP contribution < -0.4 is 5.56 Å². The number of hydrogen-bond donors (Lipinski definition) is 0. The molecule has 0 spiro atoms. The van der Waals surface area contributed by atoms with Gasteiger partial charge in [-0.3, -0.25) is 9.78 Å². The molecule has 0 atom stereocenters. The number of aromatic nitrogens is 2. The second-order valence-electron chi connectivity index (χ2n) is 5.01. The molecular formula is C19H14ClFN2O. The third-order valence-electron chi connectivity index (χ3n) is 3.24. The van der Waals surface area contributed by atoms with Gasteiger partial charge in [0.05, 0.1) is 6.54 Å². The zero-order valence-electron chi connectivity index (χ0n) is 12.6. The van der Waals surface area contributed by atoms with Crippen LogP contribution >= 0.6 is 12.4 Å². The second kappa shape index (κ2) is 8.09. The van der Waals surface area contributed by atoms with Crippen molar-refractivity contribution in [3.63, 3.8) is 0 Å². The molecule has 0 aliphatic rings.